The van der Waals surface area contributed by atoms with Gasteiger partial charge in [-0.2, -0.15) is 0 Å². The number of aryl methyl sites for hydroxylation is 1. The van der Waals surface area contributed by atoms with Gasteiger partial charge in [0.25, 0.3) is 5.71 Å². The van der Waals surface area contributed by atoms with Crippen LogP contribution in [0, 0.1) is 0 Å². The number of ketones is 1. The van der Waals surface area contributed by atoms with Crippen molar-refractivity contribution in [2.75, 3.05) is 0 Å². The Bertz CT molecular complexity index is 881. The van der Waals surface area contributed by atoms with Crippen LogP contribution in [-0.2, 0) is 6.42 Å². The first-order valence-corrected chi connectivity index (χ1v) is 7.63. The van der Waals surface area contributed by atoms with Crippen LogP contribution in [0.3, 0.4) is 0 Å². The van der Waals surface area contributed by atoms with Gasteiger partial charge in [-0.05, 0) is 36.1 Å². The minimum Gasteiger partial charge on any atom is -0.507 e. The predicted molar refractivity (Wildman–Crippen MR) is 86.8 cm³/mol. The third-order valence-electron chi connectivity index (χ3n) is 3.88. The van der Waals surface area contributed by atoms with Crippen LogP contribution in [0.25, 0.3) is 11.1 Å². The number of fused-ring (bicyclic) bond motifs is 1. The molecule has 0 spiro atoms. The second kappa shape index (κ2) is 5.83. The zero-order valence-electron chi connectivity index (χ0n) is 13.3. The smallest absolute Gasteiger partial charge is 0.257 e. The molecule has 0 saturated heterocycles. The van der Waals surface area contributed by atoms with E-state index >= 15 is 0 Å². The minimum absolute atomic E-state index is 0.0262. The molecule has 118 valence electrons. The fourth-order valence-corrected chi connectivity index (χ4v) is 2.53. The molecular weight excluding hydrogens is 292 g/mol. The summed E-state index contributed by atoms with van der Waals surface area (Å²) < 4.78 is 5.19. The van der Waals surface area contributed by atoms with E-state index < -0.39 is 0 Å². The number of rotatable bonds is 4. The first-order chi connectivity index (χ1) is 11.0. The van der Waals surface area contributed by atoms with Crippen molar-refractivity contribution in [1.82, 2.24) is 10.1 Å². The number of aromatic nitrogens is 2. The fourth-order valence-electron chi connectivity index (χ4n) is 2.53. The molecular formula is C18H18N2O3. The standard InChI is InChI=1S/C18H18N2O3/c1-4-11-5-6-15(21)13(7-11)17(22)12-8-14-16(10(2)3)20-23-18(14)19-9-12/h5-10,21H,4H2,1-3H3. The Balaban J connectivity index is 2.09. The van der Waals surface area contributed by atoms with Gasteiger partial charge in [-0.25, -0.2) is 4.98 Å². The summed E-state index contributed by atoms with van der Waals surface area (Å²) in [6.45, 7) is 6.00. The molecule has 1 N–H and O–H groups in total. The van der Waals surface area contributed by atoms with Crippen LogP contribution in [-0.4, -0.2) is 21.0 Å². The summed E-state index contributed by atoms with van der Waals surface area (Å²) in [4.78, 5) is 16.9. The normalized spacial score (nSPS) is 11.3. The Morgan fingerprint density at radius 2 is 2.09 bits per heavy atom. The van der Waals surface area contributed by atoms with Crippen LogP contribution in [0.15, 0.2) is 35.0 Å². The van der Waals surface area contributed by atoms with Gasteiger partial charge in [-0.1, -0.05) is 32.0 Å². The van der Waals surface area contributed by atoms with E-state index in [0.717, 1.165) is 23.1 Å². The number of aromatic hydroxyl groups is 1. The molecule has 0 radical (unpaired) electrons. The highest BCUT2D eigenvalue weighted by Gasteiger charge is 2.18. The van der Waals surface area contributed by atoms with Crippen molar-refractivity contribution in [2.24, 2.45) is 0 Å². The average Bonchev–Trinajstić information content (AvgIpc) is 2.98. The fraction of sp³-hybridized carbons (Fsp3) is 0.278. The molecule has 3 aromatic rings. The van der Waals surface area contributed by atoms with E-state index in [1.165, 1.54) is 6.20 Å². The molecule has 3 rings (SSSR count). The molecule has 23 heavy (non-hydrogen) atoms. The van der Waals surface area contributed by atoms with Crippen molar-refractivity contribution >= 4 is 16.9 Å². The Labute approximate surface area is 134 Å². The molecule has 0 fully saturated rings. The second-order valence-electron chi connectivity index (χ2n) is 5.83. The third-order valence-corrected chi connectivity index (χ3v) is 3.88. The molecule has 0 aliphatic rings. The first-order valence-electron chi connectivity index (χ1n) is 7.63. The largest absolute Gasteiger partial charge is 0.507 e. The van der Waals surface area contributed by atoms with Crippen LogP contribution in [0.1, 0.15) is 53.9 Å². The number of carbonyl (C=O) groups is 1. The average molecular weight is 310 g/mol. The number of phenols is 1. The van der Waals surface area contributed by atoms with E-state index in [0.29, 0.717) is 11.3 Å². The van der Waals surface area contributed by atoms with E-state index in [1.807, 2.05) is 26.8 Å². The molecule has 0 aliphatic heterocycles. The maximum atomic E-state index is 12.7. The molecule has 0 atom stereocenters. The third kappa shape index (κ3) is 2.70. The van der Waals surface area contributed by atoms with Crippen LogP contribution in [0.4, 0.5) is 0 Å². The van der Waals surface area contributed by atoms with Crippen molar-refractivity contribution in [3.63, 3.8) is 0 Å². The maximum absolute atomic E-state index is 12.7. The van der Waals surface area contributed by atoms with Crippen LogP contribution in [0.5, 0.6) is 5.75 Å². The Morgan fingerprint density at radius 1 is 1.30 bits per heavy atom. The lowest BCUT2D eigenvalue weighted by Crippen LogP contribution is -2.03. The molecule has 5 nitrogen and oxygen atoms in total. The minimum atomic E-state index is -0.261. The number of hydrogen-bond donors (Lipinski definition) is 1. The summed E-state index contributed by atoms with van der Waals surface area (Å²) in [5, 5.41) is 14.8. The van der Waals surface area contributed by atoms with Gasteiger partial charge in [0.1, 0.15) is 5.75 Å². The Morgan fingerprint density at radius 3 is 2.78 bits per heavy atom. The van der Waals surface area contributed by atoms with Crippen molar-refractivity contribution < 1.29 is 14.4 Å². The molecule has 0 unspecified atom stereocenters. The van der Waals surface area contributed by atoms with E-state index in [2.05, 4.69) is 10.1 Å². The Hall–Kier alpha value is -2.69. The number of nitrogens with zero attached hydrogens (tertiary/aromatic N) is 2. The van der Waals surface area contributed by atoms with Crippen LogP contribution < -0.4 is 0 Å². The predicted octanol–water partition coefficient (Wildman–Crippen LogP) is 3.85. The van der Waals surface area contributed by atoms with Gasteiger partial charge in [0, 0.05) is 11.8 Å². The second-order valence-corrected chi connectivity index (χ2v) is 5.83. The molecule has 0 saturated carbocycles. The first kappa shape index (κ1) is 15.2. The summed E-state index contributed by atoms with van der Waals surface area (Å²) in [6.07, 6.45) is 2.25. The van der Waals surface area contributed by atoms with Crippen molar-refractivity contribution in [1.29, 1.82) is 0 Å². The monoisotopic (exact) mass is 310 g/mol. The van der Waals surface area contributed by atoms with Gasteiger partial charge in [0.05, 0.1) is 16.6 Å². The molecule has 0 amide bonds. The summed E-state index contributed by atoms with van der Waals surface area (Å²) in [7, 11) is 0. The number of pyridine rings is 1. The molecule has 5 heteroatoms. The van der Waals surface area contributed by atoms with Crippen LogP contribution >= 0.6 is 0 Å². The number of hydrogen-bond acceptors (Lipinski definition) is 5. The lowest BCUT2D eigenvalue weighted by molar-refractivity contribution is 0.103. The highest BCUT2D eigenvalue weighted by Crippen LogP contribution is 2.27. The van der Waals surface area contributed by atoms with E-state index in [1.54, 1.807) is 18.2 Å². The van der Waals surface area contributed by atoms with Gasteiger partial charge in [0.15, 0.2) is 5.78 Å². The summed E-state index contributed by atoms with van der Waals surface area (Å²) in [5.74, 6) is -0.120. The van der Waals surface area contributed by atoms with E-state index in [9.17, 15) is 9.90 Å². The van der Waals surface area contributed by atoms with E-state index in [4.69, 9.17) is 4.52 Å². The Kier molecular flexibility index (Phi) is 3.86. The highest BCUT2D eigenvalue weighted by molar-refractivity contribution is 6.11. The van der Waals surface area contributed by atoms with Gasteiger partial charge in [-0.3, -0.25) is 4.79 Å². The lowest BCUT2D eigenvalue weighted by atomic mass is 9.99. The van der Waals surface area contributed by atoms with Gasteiger partial charge in [0.2, 0.25) is 0 Å². The summed E-state index contributed by atoms with van der Waals surface area (Å²) in [5.41, 5.74) is 2.87. The SMILES string of the molecule is CCc1ccc(O)c(C(=O)c2cnc3onc(C(C)C)c3c2)c1. The number of phenolic OH excluding ortho intramolecular Hbond substituents is 1. The zero-order chi connectivity index (χ0) is 16.6. The topological polar surface area (TPSA) is 76.2 Å². The van der Waals surface area contributed by atoms with Crippen LogP contribution in [0.2, 0.25) is 0 Å². The lowest BCUT2D eigenvalue weighted by Gasteiger charge is -2.06. The zero-order valence-corrected chi connectivity index (χ0v) is 13.3. The molecule has 2 heterocycles. The summed E-state index contributed by atoms with van der Waals surface area (Å²) in [6, 6.07) is 6.81. The molecule has 0 bridgehead atoms. The quantitative estimate of drug-likeness (QED) is 0.741. The van der Waals surface area contributed by atoms with Gasteiger partial charge < -0.3 is 9.63 Å². The maximum Gasteiger partial charge on any atom is 0.257 e. The van der Waals surface area contributed by atoms with Crippen molar-refractivity contribution in [2.45, 2.75) is 33.1 Å². The van der Waals surface area contributed by atoms with Crippen molar-refractivity contribution in [3.8, 4) is 5.75 Å². The molecule has 2 aromatic heterocycles. The number of carbonyl (C=O) groups excluding carboxylic acids is 1. The molecule has 0 aliphatic carbocycles. The number of benzene rings is 1. The summed E-state index contributed by atoms with van der Waals surface area (Å²) >= 11 is 0. The van der Waals surface area contributed by atoms with E-state index in [-0.39, 0.29) is 23.0 Å². The highest BCUT2D eigenvalue weighted by atomic mass is 16.5. The van der Waals surface area contributed by atoms with Crippen molar-refractivity contribution in [3.05, 3.63) is 52.8 Å². The van der Waals surface area contributed by atoms with Gasteiger partial charge >= 0.3 is 0 Å². The van der Waals surface area contributed by atoms with Gasteiger partial charge in [-0.15, -0.1) is 0 Å². The molecule has 1 aromatic carbocycles.